The van der Waals surface area contributed by atoms with Crippen molar-refractivity contribution in [3.05, 3.63) is 52.6 Å². The van der Waals surface area contributed by atoms with Gasteiger partial charge in [0.05, 0.1) is 0 Å². The van der Waals surface area contributed by atoms with Crippen molar-refractivity contribution in [1.29, 1.82) is 0 Å². The first-order valence-corrected chi connectivity index (χ1v) is 7.02. The lowest BCUT2D eigenvalue weighted by Crippen LogP contribution is -2.24. The number of rotatable bonds is 3. The van der Waals surface area contributed by atoms with Gasteiger partial charge in [-0.1, -0.05) is 23.7 Å². The minimum absolute atomic E-state index is 0.258. The summed E-state index contributed by atoms with van der Waals surface area (Å²) < 4.78 is 2.26. The first-order chi connectivity index (χ1) is 9.26. The second kappa shape index (κ2) is 5.35. The van der Waals surface area contributed by atoms with Crippen LogP contribution in [0.25, 0.3) is 0 Å². The highest BCUT2D eigenvalue weighted by Gasteiger charge is 2.20. The van der Waals surface area contributed by atoms with Crippen LogP contribution < -0.4 is 0 Å². The molecule has 0 aliphatic carbocycles. The lowest BCUT2D eigenvalue weighted by molar-refractivity contribution is 0.190. The summed E-state index contributed by atoms with van der Waals surface area (Å²) in [5, 5.41) is 10.1. The van der Waals surface area contributed by atoms with Crippen LogP contribution in [0.5, 0.6) is 0 Å². The first-order valence-electron chi connectivity index (χ1n) is 6.65. The molecule has 3 nitrogen and oxygen atoms in total. The number of hydrogen-bond acceptors (Lipinski definition) is 2. The van der Waals surface area contributed by atoms with E-state index < -0.39 is 0 Å². The molecule has 0 saturated carbocycles. The molecule has 4 heteroatoms. The molecule has 2 aromatic rings. The highest BCUT2D eigenvalue weighted by Crippen LogP contribution is 2.23. The Morgan fingerprint density at radius 2 is 2.32 bits per heavy atom. The van der Waals surface area contributed by atoms with Crippen molar-refractivity contribution in [2.45, 2.75) is 25.8 Å². The number of imidazole rings is 1. The number of halogens is 1. The van der Waals surface area contributed by atoms with Gasteiger partial charge in [-0.15, -0.1) is 0 Å². The van der Waals surface area contributed by atoms with Gasteiger partial charge in [0.25, 0.3) is 0 Å². The topological polar surface area (TPSA) is 38.1 Å². The molecule has 100 valence electrons. The van der Waals surface area contributed by atoms with Gasteiger partial charge in [-0.05, 0) is 30.5 Å². The Hall–Kier alpha value is -1.32. The van der Waals surface area contributed by atoms with Crippen molar-refractivity contribution in [3.63, 3.8) is 0 Å². The second-order valence-corrected chi connectivity index (χ2v) is 5.61. The minimum Gasteiger partial charge on any atom is -0.396 e. The molecule has 0 radical (unpaired) electrons. The van der Waals surface area contributed by atoms with Gasteiger partial charge in [0.15, 0.2) is 0 Å². The zero-order valence-corrected chi connectivity index (χ0v) is 11.5. The number of aliphatic hydroxyl groups is 1. The molecule has 3 rings (SSSR count). The van der Waals surface area contributed by atoms with E-state index in [-0.39, 0.29) is 6.61 Å². The van der Waals surface area contributed by atoms with Crippen LogP contribution in [0.15, 0.2) is 30.5 Å². The fourth-order valence-electron chi connectivity index (χ4n) is 2.70. The molecule has 0 saturated heterocycles. The fourth-order valence-corrected chi connectivity index (χ4v) is 2.91. The molecule has 0 bridgehead atoms. The largest absolute Gasteiger partial charge is 0.396 e. The normalized spacial score (nSPS) is 18.3. The molecular weight excluding hydrogens is 260 g/mol. The van der Waals surface area contributed by atoms with Crippen molar-refractivity contribution in [1.82, 2.24) is 9.55 Å². The van der Waals surface area contributed by atoms with E-state index in [1.54, 1.807) is 0 Å². The number of fused-ring (bicyclic) bond motifs is 1. The number of aryl methyl sites for hydroxylation is 1. The van der Waals surface area contributed by atoms with Gasteiger partial charge in [0.2, 0.25) is 0 Å². The van der Waals surface area contributed by atoms with E-state index in [0.29, 0.717) is 5.92 Å². The van der Waals surface area contributed by atoms with Crippen LogP contribution in [0.3, 0.4) is 0 Å². The van der Waals surface area contributed by atoms with Crippen LogP contribution in [0, 0.1) is 5.92 Å². The molecule has 2 heterocycles. The van der Waals surface area contributed by atoms with E-state index in [0.717, 1.165) is 36.7 Å². The third-order valence-corrected chi connectivity index (χ3v) is 4.01. The second-order valence-electron chi connectivity index (χ2n) is 5.17. The summed E-state index contributed by atoms with van der Waals surface area (Å²) in [5.74, 6) is 1.43. The van der Waals surface area contributed by atoms with Crippen LogP contribution in [-0.4, -0.2) is 21.3 Å². The highest BCUT2D eigenvalue weighted by molar-refractivity contribution is 6.30. The number of nitrogens with zero attached hydrogens (tertiary/aromatic N) is 2. The molecular formula is C15H17ClN2O. The van der Waals surface area contributed by atoms with E-state index >= 15 is 0 Å². The average molecular weight is 277 g/mol. The van der Waals surface area contributed by atoms with Gasteiger partial charge >= 0.3 is 0 Å². The maximum atomic E-state index is 9.32. The van der Waals surface area contributed by atoms with E-state index in [9.17, 15) is 5.11 Å². The molecule has 19 heavy (non-hydrogen) atoms. The maximum Gasteiger partial charge on any atom is 0.113 e. The van der Waals surface area contributed by atoms with E-state index in [2.05, 4.69) is 15.6 Å². The van der Waals surface area contributed by atoms with Crippen LogP contribution in [0.4, 0.5) is 0 Å². The van der Waals surface area contributed by atoms with Crippen molar-refractivity contribution < 1.29 is 5.11 Å². The number of aromatic nitrogens is 2. The van der Waals surface area contributed by atoms with E-state index in [1.807, 2.05) is 24.4 Å². The Labute approximate surface area is 117 Å². The number of hydrogen-bond donors (Lipinski definition) is 1. The van der Waals surface area contributed by atoms with Gasteiger partial charge in [0.1, 0.15) is 5.82 Å². The molecule has 1 unspecified atom stereocenters. The molecule has 1 aliphatic heterocycles. The summed E-state index contributed by atoms with van der Waals surface area (Å²) in [6.45, 7) is 1.13. The van der Waals surface area contributed by atoms with Crippen molar-refractivity contribution in [2.24, 2.45) is 5.92 Å². The minimum atomic E-state index is 0.258. The molecule has 0 spiro atoms. The molecule has 1 aromatic carbocycles. The van der Waals surface area contributed by atoms with Gasteiger partial charge < -0.3 is 9.67 Å². The van der Waals surface area contributed by atoms with Gasteiger partial charge in [-0.25, -0.2) is 4.98 Å². The summed E-state index contributed by atoms with van der Waals surface area (Å²) in [6, 6.07) is 7.90. The Kier molecular flexibility index (Phi) is 3.58. The fraction of sp³-hybridized carbons (Fsp3) is 0.400. The van der Waals surface area contributed by atoms with Crippen molar-refractivity contribution in [2.75, 3.05) is 6.61 Å². The summed E-state index contributed by atoms with van der Waals surface area (Å²) in [5.41, 5.74) is 2.45. The quantitative estimate of drug-likeness (QED) is 0.936. The molecule has 0 fully saturated rings. The lowest BCUT2D eigenvalue weighted by atomic mass is 9.99. The summed E-state index contributed by atoms with van der Waals surface area (Å²) in [6.07, 6.45) is 4.82. The van der Waals surface area contributed by atoms with Gasteiger partial charge in [-0.3, -0.25) is 0 Å². The van der Waals surface area contributed by atoms with Crippen molar-refractivity contribution in [3.8, 4) is 0 Å². The monoisotopic (exact) mass is 276 g/mol. The van der Waals surface area contributed by atoms with Gasteiger partial charge in [-0.2, -0.15) is 0 Å². The predicted octanol–water partition coefficient (Wildman–Crippen LogP) is 2.68. The predicted molar refractivity (Wildman–Crippen MR) is 75.4 cm³/mol. The average Bonchev–Trinajstić information content (AvgIpc) is 2.81. The van der Waals surface area contributed by atoms with E-state index in [1.165, 1.54) is 11.3 Å². The van der Waals surface area contributed by atoms with Crippen LogP contribution in [-0.2, 0) is 19.4 Å². The Bertz CT molecular complexity index is 579. The zero-order valence-electron chi connectivity index (χ0n) is 10.7. The molecule has 1 aliphatic rings. The smallest absolute Gasteiger partial charge is 0.113 e. The number of aliphatic hydroxyl groups excluding tert-OH is 1. The third kappa shape index (κ3) is 2.67. The summed E-state index contributed by atoms with van der Waals surface area (Å²) >= 11 is 6.01. The molecule has 0 amide bonds. The standard InChI is InChI=1S/C15H17ClN2O/c16-13-3-1-2-11(6-13)7-15-17-8-14-5-4-12(10-19)9-18(14)15/h1-3,6,8,12,19H,4-5,7,9-10H2. The molecule has 1 N–H and O–H groups in total. The van der Waals surface area contributed by atoms with Crippen LogP contribution in [0.2, 0.25) is 5.02 Å². The number of benzene rings is 1. The first kappa shape index (κ1) is 12.7. The third-order valence-electron chi connectivity index (χ3n) is 3.78. The maximum absolute atomic E-state index is 9.32. The Morgan fingerprint density at radius 3 is 3.11 bits per heavy atom. The SMILES string of the molecule is OCC1CCc2cnc(Cc3cccc(Cl)c3)n2C1. The Balaban J connectivity index is 1.85. The summed E-state index contributed by atoms with van der Waals surface area (Å²) in [7, 11) is 0. The molecule has 1 atom stereocenters. The zero-order chi connectivity index (χ0) is 13.2. The van der Waals surface area contributed by atoms with Crippen LogP contribution in [0.1, 0.15) is 23.5 Å². The highest BCUT2D eigenvalue weighted by atomic mass is 35.5. The Morgan fingerprint density at radius 1 is 1.42 bits per heavy atom. The van der Waals surface area contributed by atoms with Crippen LogP contribution >= 0.6 is 11.6 Å². The van der Waals surface area contributed by atoms with Crippen molar-refractivity contribution >= 4 is 11.6 Å². The molecule has 1 aromatic heterocycles. The summed E-state index contributed by atoms with van der Waals surface area (Å²) in [4.78, 5) is 4.53. The van der Waals surface area contributed by atoms with E-state index in [4.69, 9.17) is 11.6 Å². The lowest BCUT2D eigenvalue weighted by Gasteiger charge is -2.23. The van der Waals surface area contributed by atoms with Gasteiger partial charge in [0, 0.05) is 42.4 Å².